The molecule has 9 heavy (non-hydrogen) atoms. The SMILES string of the molecule is CBr.N.c1ccccc1. The van der Waals surface area contributed by atoms with Crippen molar-refractivity contribution < 1.29 is 0 Å². The molecule has 0 atom stereocenters. The highest BCUT2D eigenvalue weighted by molar-refractivity contribution is 9.08. The van der Waals surface area contributed by atoms with E-state index in [0.29, 0.717) is 0 Å². The molecule has 0 saturated carbocycles. The lowest BCUT2D eigenvalue weighted by atomic mass is 10.4. The van der Waals surface area contributed by atoms with Crippen molar-refractivity contribution in [3.63, 3.8) is 0 Å². The van der Waals surface area contributed by atoms with Crippen molar-refractivity contribution in [2.75, 3.05) is 5.83 Å². The molecule has 0 amide bonds. The van der Waals surface area contributed by atoms with Gasteiger partial charge in [0, 0.05) is 0 Å². The van der Waals surface area contributed by atoms with E-state index in [4.69, 9.17) is 0 Å². The topological polar surface area (TPSA) is 35.0 Å². The van der Waals surface area contributed by atoms with E-state index in [2.05, 4.69) is 15.9 Å². The van der Waals surface area contributed by atoms with Crippen molar-refractivity contribution in [1.82, 2.24) is 6.15 Å². The molecular weight excluding hydrogens is 178 g/mol. The molecule has 0 aliphatic heterocycles. The summed E-state index contributed by atoms with van der Waals surface area (Å²) < 4.78 is 0. The standard InChI is InChI=1S/C6H6.CH3Br.H3N/c1-2-4-6-5-3-1;1-2;/h1-6H;1H3;1H3. The van der Waals surface area contributed by atoms with Crippen LogP contribution in [0, 0.1) is 0 Å². The molecule has 0 spiro atoms. The highest BCUT2D eigenvalue weighted by Gasteiger charge is 1.57. The molecule has 0 bridgehead atoms. The molecular formula is C7H12BrN. The maximum Gasteiger partial charge on any atom is -0.00848 e. The fourth-order valence-corrected chi connectivity index (χ4v) is 0.385. The van der Waals surface area contributed by atoms with Gasteiger partial charge in [-0.15, -0.1) is 0 Å². The van der Waals surface area contributed by atoms with Gasteiger partial charge in [0.25, 0.3) is 0 Å². The molecule has 3 N–H and O–H groups in total. The lowest BCUT2D eigenvalue weighted by molar-refractivity contribution is 1.72. The quantitative estimate of drug-likeness (QED) is 0.627. The van der Waals surface area contributed by atoms with Crippen LogP contribution in [0.1, 0.15) is 0 Å². The second kappa shape index (κ2) is 10.6. The lowest BCUT2D eigenvalue weighted by Gasteiger charge is -1.69. The van der Waals surface area contributed by atoms with Crippen LogP contribution in [0.25, 0.3) is 0 Å². The Morgan fingerprint density at radius 1 is 0.667 bits per heavy atom. The molecule has 0 aliphatic rings. The zero-order valence-electron chi connectivity index (χ0n) is 5.55. The van der Waals surface area contributed by atoms with Gasteiger partial charge in [-0.1, -0.05) is 52.3 Å². The van der Waals surface area contributed by atoms with Gasteiger partial charge in [0.15, 0.2) is 0 Å². The molecule has 0 fully saturated rings. The summed E-state index contributed by atoms with van der Waals surface area (Å²) in [5, 5.41) is 0. The lowest BCUT2D eigenvalue weighted by Crippen LogP contribution is -1.47. The van der Waals surface area contributed by atoms with Gasteiger partial charge in [-0.2, -0.15) is 0 Å². The first-order valence-corrected chi connectivity index (χ1v) is 3.96. The van der Waals surface area contributed by atoms with Gasteiger partial charge in [-0.05, 0) is 5.83 Å². The highest BCUT2D eigenvalue weighted by Crippen LogP contribution is 1.79. The van der Waals surface area contributed by atoms with Gasteiger partial charge < -0.3 is 6.15 Å². The van der Waals surface area contributed by atoms with E-state index < -0.39 is 0 Å². The normalized spacial score (nSPS) is 6.00. The maximum absolute atomic E-state index is 2.94. The van der Waals surface area contributed by atoms with E-state index in [1.165, 1.54) is 0 Å². The number of hydrogen-bond acceptors (Lipinski definition) is 1. The van der Waals surface area contributed by atoms with Crippen LogP contribution in [-0.4, -0.2) is 5.83 Å². The summed E-state index contributed by atoms with van der Waals surface area (Å²) in [4.78, 5) is 0. The Morgan fingerprint density at radius 2 is 0.778 bits per heavy atom. The van der Waals surface area contributed by atoms with Crippen LogP contribution in [0.2, 0.25) is 0 Å². The highest BCUT2D eigenvalue weighted by atomic mass is 79.9. The van der Waals surface area contributed by atoms with Crippen molar-refractivity contribution in [2.45, 2.75) is 0 Å². The van der Waals surface area contributed by atoms with Crippen LogP contribution < -0.4 is 6.15 Å². The fourth-order valence-electron chi connectivity index (χ4n) is 0.385. The molecule has 52 valence electrons. The Bertz CT molecular complexity index is 80.8. The molecule has 0 radical (unpaired) electrons. The Labute approximate surface area is 64.8 Å². The molecule has 1 rings (SSSR count). The first-order valence-electron chi connectivity index (χ1n) is 2.38. The smallest absolute Gasteiger partial charge is 0.00848 e. The van der Waals surface area contributed by atoms with E-state index in [1.54, 1.807) is 0 Å². The van der Waals surface area contributed by atoms with Crippen molar-refractivity contribution in [1.29, 1.82) is 0 Å². The molecule has 0 aliphatic carbocycles. The van der Waals surface area contributed by atoms with E-state index in [-0.39, 0.29) is 6.15 Å². The number of rotatable bonds is 0. The summed E-state index contributed by atoms with van der Waals surface area (Å²) in [5.41, 5.74) is 0. The average Bonchev–Trinajstić information content (AvgIpc) is 1.96. The molecule has 0 unspecified atom stereocenters. The van der Waals surface area contributed by atoms with Crippen molar-refractivity contribution in [2.24, 2.45) is 0 Å². The molecule has 2 heteroatoms. The van der Waals surface area contributed by atoms with Gasteiger partial charge in [-0.3, -0.25) is 0 Å². The monoisotopic (exact) mass is 189 g/mol. The van der Waals surface area contributed by atoms with Crippen LogP contribution in [-0.2, 0) is 0 Å². The zero-order chi connectivity index (χ0) is 6.24. The maximum atomic E-state index is 2.94. The molecule has 1 aromatic rings. The minimum absolute atomic E-state index is 0. The van der Waals surface area contributed by atoms with Gasteiger partial charge in [-0.25, -0.2) is 0 Å². The second-order valence-electron chi connectivity index (χ2n) is 1.15. The number of benzene rings is 1. The summed E-state index contributed by atoms with van der Waals surface area (Å²) >= 11 is 2.94. The first-order chi connectivity index (χ1) is 4.00. The van der Waals surface area contributed by atoms with E-state index in [0.717, 1.165) is 0 Å². The third kappa shape index (κ3) is 7.66. The van der Waals surface area contributed by atoms with E-state index in [1.807, 2.05) is 42.2 Å². The van der Waals surface area contributed by atoms with E-state index in [9.17, 15) is 0 Å². The molecule has 1 aromatic carbocycles. The van der Waals surface area contributed by atoms with Crippen molar-refractivity contribution in [3.05, 3.63) is 36.4 Å². The Balaban J connectivity index is 0. The molecule has 0 saturated heterocycles. The summed E-state index contributed by atoms with van der Waals surface area (Å²) in [5.74, 6) is 1.81. The van der Waals surface area contributed by atoms with Gasteiger partial charge >= 0.3 is 0 Å². The first kappa shape index (κ1) is 11.5. The zero-order valence-corrected chi connectivity index (χ0v) is 7.14. The second-order valence-corrected chi connectivity index (χ2v) is 1.15. The van der Waals surface area contributed by atoms with Crippen molar-refractivity contribution in [3.8, 4) is 0 Å². The van der Waals surface area contributed by atoms with Crippen LogP contribution >= 0.6 is 15.9 Å². The minimum atomic E-state index is 0. The van der Waals surface area contributed by atoms with Crippen molar-refractivity contribution >= 4 is 15.9 Å². The van der Waals surface area contributed by atoms with Gasteiger partial charge in [0.2, 0.25) is 0 Å². The Morgan fingerprint density at radius 3 is 0.889 bits per heavy atom. The van der Waals surface area contributed by atoms with Gasteiger partial charge in [0.05, 0.1) is 0 Å². The Kier molecular flexibility index (Phi) is 13.5. The third-order valence-corrected chi connectivity index (χ3v) is 0.667. The summed E-state index contributed by atoms with van der Waals surface area (Å²) in [6, 6.07) is 12.0. The van der Waals surface area contributed by atoms with Crippen LogP contribution in [0.5, 0.6) is 0 Å². The molecule has 0 aromatic heterocycles. The molecule has 0 heterocycles. The Hall–Kier alpha value is -0.340. The third-order valence-electron chi connectivity index (χ3n) is 0.667. The fraction of sp³-hybridized carbons (Fsp3) is 0.143. The number of halogens is 1. The summed E-state index contributed by atoms with van der Waals surface area (Å²) in [7, 11) is 0. The van der Waals surface area contributed by atoms with E-state index >= 15 is 0 Å². The average molecular weight is 190 g/mol. The summed E-state index contributed by atoms with van der Waals surface area (Å²) in [6.45, 7) is 0. The van der Waals surface area contributed by atoms with Crippen LogP contribution in [0.3, 0.4) is 0 Å². The minimum Gasteiger partial charge on any atom is -0.344 e. The largest absolute Gasteiger partial charge is 0.344 e. The number of alkyl halides is 1. The number of hydrogen-bond donors (Lipinski definition) is 1. The van der Waals surface area contributed by atoms with Gasteiger partial charge in [0.1, 0.15) is 0 Å². The predicted octanol–water partition coefficient (Wildman–Crippen LogP) is 2.86. The molecule has 1 nitrogen and oxygen atoms in total. The van der Waals surface area contributed by atoms with Crippen LogP contribution in [0.15, 0.2) is 36.4 Å². The summed E-state index contributed by atoms with van der Waals surface area (Å²) in [6.07, 6.45) is 0. The van der Waals surface area contributed by atoms with Crippen LogP contribution in [0.4, 0.5) is 0 Å². The predicted molar refractivity (Wildman–Crippen MR) is 46.3 cm³/mol.